The van der Waals surface area contributed by atoms with Crippen LogP contribution in [0.1, 0.15) is 57.8 Å². The summed E-state index contributed by atoms with van der Waals surface area (Å²) in [4.78, 5) is 11.3. The molecule has 1 aliphatic carbocycles. The van der Waals surface area contributed by atoms with E-state index >= 15 is 0 Å². The Bertz CT molecular complexity index is 215. The van der Waals surface area contributed by atoms with Gasteiger partial charge in [-0.3, -0.25) is 4.79 Å². The number of nitrogens with one attached hydrogen (secondary N) is 1. The molecule has 1 rings (SSSR count). The SMILES string of the molecule is O=C(CCCCO)NCCCOC1CCCCC1. The number of ether oxygens (including phenoxy) is 1. The minimum atomic E-state index is 0.0844. The van der Waals surface area contributed by atoms with Gasteiger partial charge in [0, 0.05) is 26.2 Å². The summed E-state index contributed by atoms with van der Waals surface area (Å²) in [6.07, 6.45) is 9.69. The monoisotopic (exact) mass is 257 g/mol. The fourth-order valence-electron chi connectivity index (χ4n) is 2.27. The van der Waals surface area contributed by atoms with E-state index in [2.05, 4.69) is 5.32 Å². The predicted octanol–water partition coefficient (Wildman–Crippen LogP) is 2.00. The first-order valence-electron chi connectivity index (χ1n) is 7.32. The van der Waals surface area contributed by atoms with Crippen molar-refractivity contribution in [2.45, 2.75) is 63.9 Å². The Balaban J connectivity index is 1.86. The molecule has 1 saturated carbocycles. The van der Waals surface area contributed by atoms with Crippen molar-refractivity contribution in [2.75, 3.05) is 19.8 Å². The Morgan fingerprint density at radius 1 is 1.17 bits per heavy atom. The summed E-state index contributed by atoms with van der Waals surface area (Å²) < 4.78 is 5.78. The van der Waals surface area contributed by atoms with Gasteiger partial charge in [0.15, 0.2) is 0 Å². The van der Waals surface area contributed by atoms with E-state index in [0.29, 0.717) is 25.5 Å². The molecule has 0 aliphatic heterocycles. The molecular formula is C14H27NO3. The molecule has 0 aromatic carbocycles. The third kappa shape index (κ3) is 7.67. The van der Waals surface area contributed by atoms with Crippen molar-refractivity contribution in [3.63, 3.8) is 0 Å². The molecule has 0 saturated heterocycles. The van der Waals surface area contributed by atoms with Crippen molar-refractivity contribution in [1.29, 1.82) is 0 Å². The van der Waals surface area contributed by atoms with Gasteiger partial charge in [0.25, 0.3) is 0 Å². The van der Waals surface area contributed by atoms with Crippen LogP contribution in [0.5, 0.6) is 0 Å². The molecule has 0 unspecified atom stereocenters. The molecule has 4 heteroatoms. The van der Waals surface area contributed by atoms with E-state index in [0.717, 1.165) is 19.4 Å². The van der Waals surface area contributed by atoms with Gasteiger partial charge in [-0.1, -0.05) is 19.3 Å². The van der Waals surface area contributed by atoms with Gasteiger partial charge in [0.05, 0.1) is 6.10 Å². The predicted molar refractivity (Wildman–Crippen MR) is 71.4 cm³/mol. The number of carbonyl (C=O) groups is 1. The first-order chi connectivity index (χ1) is 8.83. The molecule has 1 amide bonds. The molecule has 0 spiro atoms. The van der Waals surface area contributed by atoms with Crippen LogP contribution in [0.3, 0.4) is 0 Å². The minimum absolute atomic E-state index is 0.0844. The van der Waals surface area contributed by atoms with Gasteiger partial charge in [-0.15, -0.1) is 0 Å². The molecule has 0 atom stereocenters. The Hall–Kier alpha value is -0.610. The van der Waals surface area contributed by atoms with Gasteiger partial charge in [0.2, 0.25) is 5.91 Å². The molecule has 0 radical (unpaired) electrons. The highest BCUT2D eigenvalue weighted by Crippen LogP contribution is 2.20. The summed E-state index contributed by atoms with van der Waals surface area (Å²) in [7, 11) is 0. The lowest BCUT2D eigenvalue weighted by molar-refractivity contribution is -0.121. The maximum absolute atomic E-state index is 11.3. The van der Waals surface area contributed by atoms with Crippen molar-refractivity contribution in [1.82, 2.24) is 5.32 Å². The van der Waals surface area contributed by atoms with Crippen LogP contribution < -0.4 is 5.32 Å². The highest BCUT2D eigenvalue weighted by molar-refractivity contribution is 5.75. The fraction of sp³-hybridized carbons (Fsp3) is 0.929. The summed E-state index contributed by atoms with van der Waals surface area (Å²) >= 11 is 0. The van der Waals surface area contributed by atoms with E-state index in [1.165, 1.54) is 32.1 Å². The van der Waals surface area contributed by atoms with Gasteiger partial charge in [-0.05, 0) is 32.1 Å². The van der Waals surface area contributed by atoms with Crippen LogP contribution in [0.4, 0.5) is 0 Å². The third-order valence-electron chi connectivity index (χ3n) is 3.36. The van der Waals surface area contributed by atoms with Gasteiger partial charge in [-0.25, -0.2) is 0 Å². The van der Waals surface area contributed by atoms with Crippen LogP contribution in [-0.2, 0) is 9.53 Å². The van der Waals surface area contributed by atoms with E-state index in [1.807, 2.05) is 0 Å². The first-order valence-corrected chi connectivity index (χ1v) is 7.32. The molecule has 106 valence electrons. The van der Waals surface area contributed by atoms with Gasteiger partial charge >= 0.3 is 0 Å². The Morgan fingerprint density at radius 2 is 1.94 bits per heavy atom. The third-order valence-corrected chi connectivity index (χ3v) is 3.36. The first kappa shape index (κ1) is 15.4. The maximum atomic E-state index is 11.3. The van der Waals surface area contributed by atoms with Crippen molar-refractivity contribution >= 4 is 5.91 Å². The second-order valence-electron chi connectivity index (χ2n) is 5.02. The maximum Gasteiger partial charge on any atom is 0.219 e. The van der Waals surface area contributed by atoms with Crippen molar-refractivity contribution in [2.24, 2.45) is 0 Å². The molecule has 2 N–H and O–H groups in total. The van der Waals surface area contributed by atoms with Crippen LogP contribution in [0.25, 0.3) is 0 Å². The van der Waals surface area contributed by atoms with Gasteiger partial charge < -0.3 is 15.2 Å². The van der Waals surface area contributed by atoms with E-state index in [-0.39, 0.29) is 12.5 Å². The highest BCUT2D eigenvalue weighted by atomic mass is 16.5. The molecule has 0 heterocycles. The standard InChI is InChI=1S/C14H27NO3/c16-11-5-4-9-14(17)15-10-6-12-18-13-7-2-1-3-8-13/h13,16H,1-12H2,(H,15,17). The largest absolute Gasteiger partial charge is 0.396 e. The van der Waals surface area contributed by atoms with E-state index in [1.54, 1.807) is 0 Å². The minimum Gasteiger partial charge on any atom is -0.396 e. The zero-order valence-electron chi connectivity index (χ0n) is 11.3. The normalized spacial score (nSPS) is 16.7. The highest BCUT2D eigenvalue weighted by Gasteiger charge is 2.12. The Labute approximate surface area is 110 Å². The number of unbranched alkanes of at least 4 members (excludes halogenated alkanes) is 1. The molecule has 1 fully saturated rings. The fourth-order valence-corrected chi connectivity index (χ4v) is 2.27. The summed E-state index contributed by atoms with van der Waals surface area (Å²) in [5, 5.41) is 11.5. The number of hydrogen-bond donors (Lipinski definition) is 2. The summed E-state index contributed by atoms with van der Waals surface area (Å²) in [5.74, 6) is 0.0844. The molecule has 18 heavy (non-hydrogen) atoms. The van der Waals surface area contributed by atoms with Crippen LogP contribution in [0.15, 0.2) is 0 Å². The lowest BCUT2D eigenvalue weighted by atomic mass is 9.98. The van der Waals surface area contributed by atoms with Crippen molar-refractivity contribution in [3.8, 4) is 0 Å². The summed E-state index contributed by atoms with van der Waals surface area (Å²) in [6, 6.07) is 0. The second kappa shape index (κ2) is 10.3. The Morgan fingerprint density at radius 3 is 2.67 bits per heavy atom. The van der Waals surface area contributed by atoms with Gasteiger partial charge in [-0.2, -0.15) is 0 Å². The van der Waals surface area contributed by atoms with Crippen LogP contribution >= 0.6 is 0 Å². The summed E-state index contributed by atoms with van der Waals surface area (Å²) in [5.41, 5.74) is 0. The van der Waals surface area contributed by atoms with Crippen molar-refractivity contribution in [3.05, 3.63) is 0 Å². The molecule has 0 bridgehead atoms. The van der Waals surface area contributed by atoms with Crippen LogP contribution in [0.2, 0.25) is 0 Å². The second-order valence-corrected chi connectivity index (χ2v) is 5.02. The lowest BCUT2D eigenvalue weighted by Gasteiger charge is -2.21. The smallest absolute Gasteiger partial charge is 0.219 e. The Kier molecular flexibility index (Phi) is 8.86. The number of aliphatic hydroxyl groups excluding tert-OH is 1. The van der Waals surface area contributed by atoms with E-state index < -0.39 is 0 Å². The van der Waals surface area contributed by atoms with Gasteiger partial charge in [0.1, 0.15) is 0 Å². The zero-order chi connectivity index (χ0) is 13.1. The number of hydrogen-bond acceptors (Lipinski definition) is 3. The number of rotatable bonds is 9. The van der Waals surface area contributed by atoms with E-state index in [9.17, 15) is 4.79 Å². The molecule has 0 aromatic heterocycles. The molecular weight excluding hydrogens is 230 g/mol. The molecule has 4 nitrogen and oxygen atoms in total. The molecule has 1 aliphatic rings. The van der Waals surface area contributed by atoms with Crippen LogP contribution in [0, 0.1) is 0 Å². The zero-order valence-corrected chi connectivity index (χ0v) is 11.3. The average molecular weight is 257 g/mol. The summed E-state index contributed by atoms with van der Waals surface area (Å²) in [6.45, 7) is 1.62. The van der Waals surface area contributed by atoms with Crippen molar-refractivity contribution < 1.29 is 14.6 Å². The average Bonchev–Trinajstić information content (AvgIpc) is 2.40. The van der Waals surface area contributed by atoms with E-state index in [4.69, 9.17) is 9.84 Å². The number of carbonyl (C=O) groups excluding carboxylic acids is 1. The number of aliphatic hydroxyl groups is 1. The van der Waals surface area contributed by atoms with Crippen LogP contribution in [-0.4, -0.2) is 36.9 Å². The topological polar surface area (TPSA) is 58.6 Å². The number of amides is 1. The quantitative estimate of drug-likeness (QED) is 0.621. The lowest BCUT2D eigenvalue weighted by Crippen LogP contribution is -2.26. The molecule has 0 aromatic rings.